The molecule has 0 radical (unpaired) electrons. The van der Waals surface area contributed by atoms with E-state index in [0.29, 0.717) is 12.0 Å². The minimum Gasteiger partial charge on any atom is -0.378 e. The van der Waals surface area contributed by atoms with Crippen LogP contribution in [0.15, 0.2) is 54.7 Å². The van der Waals surface area contributed by atoms with Gasteiger partial charge < -0.3 is 19.9 Å². The standard InChI is InChI=1S/C22H24N6O/c1-16-14-17-6-2-4-8-19(17)28(16)21-15-23-26-22(25-21)24-18-7-3-5-9-20(18)27-10-12-29-13-11-27/h2-9,15-16H,10-14H2,1H3,(H,24,25,26). The van der Waals surface area contributed by atoms with E-state index in [1.807, 2.05) is 12.1 Å². The first kappa shape index (κ1) is 17.9. The molecule has 1 unspecified atom stereocenters. The van der Waals surface area contributed by atoms with Crippen LogP contribution in [0.4, 0.5) is 28.8 Å². The van der Waals surface area contributed by atoms with Crippen molar-refractivity contribution in [2.45, 2.75) is 19.4 Å². The molecule has 7 nitrogen and oxygen atoms in total. The fourth-order valence-corrected chi connectivity index (χ4v) is 4.16. The Balaban J connectivity index is 1.43. The van der Waals surface area contributed by atoms with Crippen molar-refractivity contribution in [3.05, 3.63) is 60.3 Å². The highest BCUT2D eigenvalue weighted by atomic mass is 16.5. The van der Waals surface area contributed by atoms with Crippen molar-refractivity contribution in [1.82, 2.24) is 15.2 Å². The number of hydrogen-bond acceptors (Lipinski definition) is 7. The fraction of sp³-hybridized carbons (Fsp3) is 0.318. The molecule has 7 heteroatoms. The molecule has 3 heterocycles. The molecule has 0 bridgehead atoms. The first-order valence-electron chi connectivity index (χ1n) is 10.1. The van der Waals surface area contributed by atoms with Gasteiger partial charge in [0.05, 0.1) is 30.8 Å². The molecule has 0 aliphatic carbocycles. The van der Waals surface area contributed by atoms with Crippen LogP contribution < -0.4 is 15.1 Å². The van der Waals surface area contributed by atoms with Crippen LogP contribution in [0, 0.1) is 0 Å². The molecular weight excluding hydrogens is 364 g/mol. The predicted molar refractivity (Wildman–Crippen MR) is 114 cm³/mol. The second-order valence-electron chi connectivity index (χ2n) is 7.43. The second-order valence-corrected chi connectivity index (χ2v) is 7.43. The van der Waals surface area contributed by atoms with Crippen molar-refractivity contribution in [2.24, 2.45) is 0 Å². The van der Waals surface area contributed by atoms with Crippen LogP contribution in [0.5, 0.6) is 0 Å². The zero-order valence-corrected chi connectivity index (χ0v) is 16.5. The van der Waals surface area contributed by atoms with E-state index in [-0.39, 0.29) is 0 Å². The van der Waals surface area contributed by atoms with Crippen LogP contribution in [0.3, 0.4) is 0 Å². The summed E-state index contributed by atoms with van der Waals surface area (Å²) in [5.74, 6) is 1.31. The smallest absolute Gasteiger partial charge is 0.249 e. The number of nitrogens with one attached hydrogen (secondary N) is 1. The summed E-state index contributed by atoms with van der Waals surface area (Å²) in [6, 6.07) is 17.0. The number of aromatic nitrogens is 3. The van der Waals surface area contributed by atoms with E-state index in [2.05, 4.69) is 68.6 Å². The number of hydrogen-bond donors (Lipinski definition) is 1. The van der Waals surface area contributed by atoms with Gasteiger partial charge in [0.25, 0.3) is 0 Å². The quantitative estimate of drug-likeness (QED) is 0.733. The van der Waals surface area contributed by atoms with E-state index in [9.17, 15) is 0 Å². The Bertz CT molecular complexity index is 1000. The highest BCUT2D eigenvalue weighted by molar-refractivity contribution is 5.74. The fourth-order valence-electron chi connectivity index (χ4n) is 4.16. The molecule has 1 fully saturated rings. The Kier molecular flexibility index (Phi) is 4.73. The third-order valence-corrected chi connectivity index (χ3v) is 5.50. The third kappa shape index (κ3) is 3.49. The number of rotatable bonds is 4. The minimum atomic E-state index is 0.331. The average Bonchev–Trinajstić information content (AvgIpc) is 3.11. The third-order valence-electron chi connectivity index (χ3n) is 5.50. The van der Waals surface area contributed by atoms with E-state index < -0.39 is 0 Å². The molecule has 2 aromatic carbocycles. The molecule has 1 saturated heterocycles. The Hall–Kier alpha value is -3.19. The van der Waals surface area contributed by atoms with Gasteiger partial charge in [-0.05, 0) is 37.1 Å². The SMILES string of the molecule is CC1Cc2ccccc2N1c1cnnc(Nc2ccccc2N2CCOCC2)n1. The summed E-state index contributed by atoms with van der Waals surface area (Å²) < 4.78 is 5.49. The number of benzene rings is 2. The normalized spacial score (nSPS) is 18.6. The topological polar surface area (TPSA) is 66.4 Å². The summed E-state index contributed by atoms with van der Waals surface area (Å²) in [7, 11) is 0. The van der Waals surface area contributed by atoms with Crippen molar-refractivity contribution >= 4 is 28.8 Å². The highest BCUT2D eigenvalue weighted by Gasteiger charge is 2.28. The average molecular weight is 388 g/mol. The Morgan fingerprint density at radius 3 is 2.62 bits per heavy atom. The summed E-state index contributed by atoms with van der Waals surface area (Å²) in [5.41, 5.74) is 4.64. The maximum Gasteiger partial charge on any atom is 0.249 e. The van der Waals surface area contributed by atoms with Crippen molar-refractivity contribution in [3.63, 3.8) is 0 Å². The van der Waals surface area contributed by atoms with Crippen molar-refractivity contribution in [3.8, 4) is 0 Å². The van der Waals surface area contributed by atoms with E-state index in [0.717, 1.165) is 49.9 Å². The molecule has 5 rings (SSSR count). The summed E-state index contributed by atoms with van der Waals surface area (Å²) in [6.07, 6.45) is 2.74. The molecule has 0 amide bonds. The molecule has 0 spiro atoms. The van der Waals surface area contributed by atoms with Gasteiger partial charge in [-0.3, -0.25) is 0 Å². The number of para-hydroxylation sites is 3. The first-order chi connectivity index (χ1) is 14.3. The van der Waals surface area contributed by atoms with Gasteiger partial charge >= 0.3 is 0 Å². The molecule has 148 valence electrons. The largest absolute Gasteiger partial charge is 0.378 e. The number of fused-ring (bicyclic) bond motifs is 1. The molecule has 2 aliphatic rings. The maximum atomic E-state index is 5.49. The van der Waals surface area contributed by atoms with Crippen LogP contribution >= 0.6 is 0 Å². The van der Waals surface area contributed by atoms with E-state index in [4.69, 9.17) is 9.72 Å². The van der Waals surface area contributed by atoms with Gasteiger partial charge in [0, 0.05) is 24.8 Å². The Morgan fingerprint density at radius 1 is 1.00 bits per heavy atom. The zero-order valence-electron chi connectivity index (χ0n) is 16.5. The molecule has 0 saturated carbocycles. The van der Waals surface area contributed by atoms with Gasteiger partial charge in [0.1, 0.15) is 0 Å². The lowest BCUT2D eigenvalue weighted by molar-refractivity contribution is 0.123. The van der Waals surface area contributed by atoms with Crippen LogP contribution in [-0.2, 0) is 11.2 Å². The molecule has 29 heavy (non-hydrogen) atoms. The lowest BCUT2D eigenvalue weighted by atomic mass is 10.1. The van der Waals surface area contributed by atoms with E-state index >= 15 is 0 Å². The first-order valence-corrected chi connectivity index (χ1v) is 10.1. The van der Waals surface area contributed by atoms with Gasteiger partial charge in [-0.2, -0.15) is 10.1 Å². The maximum absolute atomic E-state index is 5.49. The van der Waals surface area contributed by atoms with Gasteiger partial charge in [0.15, 0.2) is 5.82 Å². The van der Waals surface area contributed by atoms with Gasteiger partial charge in [-0.25, -0.2) is 0 Å². The van der Waals surface area contributed by atoms with E-state index in [1.165, 1.54) is 11.3 Å². The molecule has 1 atom stereocenters. The second kappa shape index (κ2) is 7.67. The van der Waals surface area contributed by atoms with Crippen LogP contribution in [0.1, 0.15) is 12.5 Å². The van der Waals surface area contributed by atoms with Crippen molar-refractivity contribution < 1.29 is 4.74 Å². The molecule has 1 aromatic heterocycles. The van der Waals surface area contributed by atoms with E-state index in [1.54, 1.807) is 6.20 Å². The molecule has 3 aromatic rings. The van der Waals surface area contributed by atoms with Gasteiger partial charge in [0.2, 0.25) is 5.95 Å². The van der Waals surface area contributed by atoms with Crippen LogP contribution in [-0.4, -0.2) is 47.5 Å². The summed E-state index contributed by atoms with van der Waals surface area (Å²) >= 11 is 0. The predicted octanol–water partition coefficient (Wildman–Crippen LogP) is 3.53. The molecule has 2 aliphatic heterocycles. The number of morpholine rings is 1. The van der Waals surface area contributed by atoms with Gasteiger partial charge in [-0.1, -0.05) is 30.3 Å². The summed E-state index contributed by atoms with van der Waals surface area (Å²) in [6.45, 7) is 5.45. The molecule has 1 N–H and O–H groups in total. The highest BCUT2D eigenvalue weighted by Crippen LogP contribution is 2.37. The van der Waals surface area contributed by atoms with Crippen molar-refractivity contribution in [1.29, 1.82) is 0 Å². The van der Waals surface area contributed by atoms with Crippen LogP contribution in [0.2, 0.25) is 0 Å². The van der Waals surface area contributed by atoms with Gasteiger partial charge in [-0.15, -0.1) is 5.10 Å². The zero-order chi connectivity index (χ0) is 19.6. The lowest BCUT2D eigenvalue weighted by Gasteiger charge is -2.30. The Morgan fingerprint density at radius 2 is 1.76 bits per heavy atom. The summed E-state index contributed by atoms with van der Waals surface area (Å²) in [4.78, 5) is 9.34. The lowest BCUT2D eigenvalue weighted by Crippen LogP contribution is -2.36. The molecular formula is C22H24N6O. The number of nitrogens with zero attached hydrogens (tertiary/aromatic N) is 5. The number of anilines is 5. The monoisotopic (exact) mass is 388 g/mol. The minimum absolute atomic E-state index is 0.331. The summed E-state index contributed by atoms with van der Waals surface area (Å²) in [5, 5.41) is 11.8. The van der Waals surface area contributed by atoms with Crippen molar-refractivity contribution in [2.75, 3.05) is 41.4 Å². The Labute approximate surface area is 170 Å². The number of ether oxygens (including phenoxy) is 1. The van der Waals surface area contributed by atoms with Crippen LogP contribution in [0.25, 0.3) is 0 Å².